The highest BCUT2D eigenvalue weighted by molar-refractivity contribution is 6.29. The summed E-state index contributed by atoms with van der Waals surface area (Å²) >= 11 is 5.79. The Bertz CT molecular complexity index is 822. The van der Waals surface area contributed by atoms with E-state index in [0.717, 1.165) is 18.7 Å². The van der Waals surface area contributed by atoms with Crippen LogP contribution < -0.4 is 4.90 Å². The van der Waals surface area contributed by atoms with Crippen LogP contribution in [0.3, 0.4) is 0 Å². The van der Waals surface area contributed by atoms with Gasteiger partial charge in [-0.2, -0.15) is 4.98 Å². The number of pyridine rings is 1. The fourth-order valence-corrected chi connectivity index (χ4v) is 3.08. The van der Waals surface area contributed by atoms with Crippen molar-refractivity contribution >= 4 is 28.5 Å². The van der Waals surface area contributed by atoms with Crippen LogP contribution in [0.4, 0.5) is 10.1 Å². The van der Waals surface area contributed by atoms with Crippen LogP contribution in [0, 0.1) is 5.82 Å². The number of nitrogens with one attached hydrogen (secondary N) is 1. The predicted molar refractivity (Wildman–Crippen MR) is 85.7 cm³/mol. The van der Waals surface area contributed by atoms with E-state index in [-0.39, 0.29) is 11.1 Å². The number of hydrogen-bond donors (Lipinski definition) is 1. The van der Waals surface area contributed by atoms with E-state index >= 15 is 0 Å². The minimum atomic E-state index is -0.387. The van der Waals surface area contributed by atoms with E-state index in [1.807, 2.05) is 24.3 Å². The molecule has 0 saturated carbocycles. The SMILES string of the molecule is Fc1cc2[nH]c(Cl)nc2nc1-c1ccc(N2CCCC2)cc1. The van der Waals surface area contributed by atoms with Crippen molar-refractivity contribution in [2.24, 2.45) is 0 Å². The number of halogens is 2. The molecule has 0 unspecified atom stereocenters. The molecule has 2 aromatic heterocycles. The van der Waals surface area contributed by atoms with E-state index in [2.05, 4.69) is 19.9 Å². The van der Waals surface area contributed by atoms with Crippen LogP contribution in [0.1, 0.15) is 12.8 Å². The zero-order chi connectivity index (χ0) is 15.1. The first-order valence-electron chi connectivity index (χ1n) is 7.28. The van der Waals surface area contributed by atoms with Crippen LogP contribution in [0.2, 0.25) is 5.28 Å². The van der Waals surface area contributed by atoms with Gasteiger partial charge in [0.25, 0.3) is 0 Å². The molecule has 0 spiro atoms. The monoisotopic (exact) mass is 316 g/mol. The lowest BCUT2D eigenvalue weighted by molar-refractivity contribution is 0.628. The van der Waals surface area contributed by atoms with Crippen LogP contribution in [-0.2, 0) is 0 Å². The van der Waals surface area contributed by atoms with Gasteiger partial charge in [0.2, 0.25) is 5.28 Å². The fourth-order valence-electron chi connectivity index (χ4n) is 2.90. The highest BCUT2D eigenvalue weighted by Crippen LogP contribution is 2.27. The van der Waals surface area contributed by atoms with Gasteiger partial charge in [0.15, 0.2) is 11.5 Å². The number of aromatic amines is 1. The Balaban J connectivity index is 1.72. The second-order valence-corrected chi connectivity index (χ2v) is 5.82. The number of aromatic nitrogens is 3. The summed E-state index contributed by atoms with van der Waals surface area (Å²) in [6.07, 6.45) is 2.46. The van der Waals surface area contributed by atoms with Gasteiger partial charge in [0, 0.05) is 30.4 Å². The Hall–Kier alpha value is -2.14. The molecule has 22 heavy (non-hydrogen) atoms. The zero-order valence-corrected chi connectivity index (χ0v) is 12.6. The number of nitrogens with zero attached hydrogens (tertiary/aromatic N) is 3. The summed E-state index contributed by atoms with van der Waals surface area (Å²) in [6.45, 7) is 2.17. The maximum absolute atomic E-state index is 14.3. The molecule has 3 aromatic rings. The van der Waals surface area contributed by atoms with Crippen LogP contribution in [-0.4, -0.2) is 28.0 Å². The average Bonchev–Trinajstić information content (AvgIpc) is 3.15. The van der Waals surface area contributed by atoms with E-state index < -0.39 is 0 Å². The molecular weight excluding hydrogens is 303 g/mol. The first kappa shape index (κ1) is 13.5. The Kier molecular flexibility index (Phi) is 3.22. The second-order valence-electron chi connectivity index (χ2n) is 5.46. The maximum atomic E-state index is 14.3. The summed E-state index contributed by atoms with van der Waals surface area (Å²) in [5.41, 5.74) is 3.13. The molecule has 3 heterocycles. The van der Waals surface area contributed by atoms with E-state index in [4.69, 9.17) is 11.6 Å². The number of anilines is 1. The quantitative estimate of drug-likeness (QED) is 0.776. The molecule has 0 atom stereocenters. The molecule has 0 amide bonds. The molecule has 6 heteroatoms. The molecule has 0 aliphatic carbocycles. The molecule has 0 bridgehead atoms. The number of fused-ring (bicyclic) bond motifs is 1. The van der Waals surface area contributed by atoms with Gasteiger partial charge in [0.1, 0.15) is 5.69 Å². The normalized spacial score (nSPS) is 14.9. The smallest absolute Gasteiger partial charge is 0.202 e. The number of imidazole rings is 1. The van der Waals surface area contributed by atoms with Gasteiger partial charge in [-0.05, 0) is 36.6 Å². The van der Waals surface area contributed by atoms with E-state index in [1.165, 1.54) is 24.6 Å². The third kappa shape index (κ3) is 2.31. The standard InChI is InChI=1S/C16H14ClFN4/c17-16-19-13-9-12(18)14(20-15(13)21-16)10-3-5-11(6-4-10)22-7-1-2-8-22/h3-6,9H,1-2,7-8H2,(H,19,20,21). The van der Waals surface area contributed by atoms with Gasteiger partial charge >= 0.3 is 0 Å². The van der Waals surface area contributed by atoms with E-state index in [9.17, 15) is 4.39 Å². The summed E-state index contributed by atoms with van der Waals surface area (Å²) in [6, 6.07) is 9.22. The van der Waals surface area contributed by atoms with Crippen LogP contribution in [0.15, 0.2) is 30.3 Å². The first-order valence-corrected chi connectivity index (χ1v) is 7.66. The van der Waals surface area contributed by atoms with Crippen LogP contribution in [0.25, 0.3) is 22.4 Å². The summed E-state index contributed by atoms with van der Waals surface area (Å²) < 4.78 is 14.3. The van der Waals surface area contributed by atoms with Crippen molar-refractivity contribution < 1.29 is 4.39 Å². The van der Waals surface area contributed by atoms with E-state index in [0.29, 0.717) is 16.9 Å². The number of rotatable bonds is 2. The van der Waals surface area contributed by atoms with Crippen LogP contribution >= 0.6 is 11.6 Å². The lowest BCUT2D eigenvalue weighted by atomic mass is 10.1. The average molecular weight is 317 g/mol. The Morgan fingerprint density at radius 1 is 1.09 bits per heavy atom. The minimum Gasteiger partial charge on any atom is -0.372 e. The molecule has 4 rings (SSSR count). The van der Waals surface area contributed by atoms with Gasteiger partial charge in [-0.15, -0.1) is 0 Å². The molecule has 4 nitrogen and oxygen atoms in total. The third-order valence-electron chi connectivity index (χ3n) is 4.01. The van der Waals surface area contributed by atoms with Crippen molar-refractivity contribution in [2.75, 3.05) is 18.0 Å². The molecule has 1 N–H and O–H groups in total. The van der Waals surface area contributed by atoms with Crippen molar-refractivity contribution in [1.29, 1.82) is 0 Å². The van der Waals surface area contributed by atoms with Gasteiger partial charge < -0.3 is 9.88 Å². The number of H-pyrrole nitrogens is 1. The summed E-state index contributed by atoms with van der Waals surface area (Å²) in [4.78, 5) is 13.4. The summed E-state index contributed by atoms with van der Waals surface area (Å²) in [7, 11) is 0. The summed E-state index contributed by atoms with van der Waals surface area (Å²) in [5.74, 6) is -0.387. The molecule has 1 aliphatic heterocycles. The van der Waals surface area contributed by atoms with Gasteiger partial charge in [-0.1, -0.05) is 12.1 Å². The molecule has 0 radical (unpaired) electrons. The molecule has 1 aliphatic rings. The van der Waals surface area contributed by atoms with Gasteiger partial charge in [0.05, 0.1) is 5.52 Å². The Labute approximate surface area is 132 Å². The highest BCUT2D eigenvalue weighted by atomic mass is 35.5. The molecule has 1 fully saturated rings. The zero-order valence-electron chi connectivity index (χ0n) is 11.8. The molecular formula is C16H14ClFN4. The van der Waals surface area contributed by atoms with Gasteiger partial charge in [-0.3, -0.25) is 0 Å². The minimum absolute atomic E-state index is 0.212. The van der Waals surface area contributed by atoms with E-state index in [1.54, 1.807) is 0 Å². The Morgan fingerprint density at radius 3 is 2.55 bits per heavy atom. The van der Waals surface area contributed by atoms with Crippen LogP contribution in [0.5, 0.6) is 0 Å². The number of hydrogen-bond acceptors (Lipinski definition) is 3. The predicted octanol–water partition coefficient (Wildman–Crippen LogP) is 4.02. The highest BCUT2D eigenvalue weighted by Gasteiger charge is 2.14. The van der Waals surface area contributed by atoms with Crippen molar-refractivity contribution in [3.8, 4) is 11.3 Å². The molecule has 1 saturated heterocycles. The van der Waals surface area contributed by atoms with Crippen molar-refractivity contribution in [1.82, 2.24) is 15.0 Å². The van der Waals surface area contributed by atoms with Crippen molar-refractivity contribution in [3.63, 3.8) is 0 Å². The first-order chi connectivity index (χ1) is 10.7. The fraction of sp³-hybridized carbons (Fsp3) is 0.250. The number of benzene rings is 1. The van der Waals surface area contributed by atoms with Crippen molar-refractivity contribution in [2.45, 2.75) is 12.8 Å². The second kappa shape index (κ2) is 5.25. The molecule has 112 valence electrons. The Morgan fingerprint density at radius 2 is 1.82 bits per heavy atom. The largest absolute Gasteiger partial charge is 0.372 e. The lowest BCUT2D eigenvalue weighted by Gasteiger charge is -2.17. The topological polar surface area (TPSA) is 44.8 Å². The lowest BCUT2D eigenvalue weighted by Crippen LogP contribution is -2.17. The van der Waals surface area contributed by atoms with Gasteiger partial charge in [-0.25, -0.2) is 9.37 Å². The van der Waals surface area contributed by atoms with Crippen molar-refractivity contribution in [3.05, 3.63) is 41.4 Å². The maximum Gasteiger partial charge on any atom is 0.202 e. The third-order valence-corrected chi connectivity index (χ3v) is 4.19. The molecule has 1 aromatic carbocycles. The summed E-state index contributed by atoms with van der Waals surface area (Å²) in [5, 5.41) is 0.212.